The first-order valence-corrected chi connectivity index (χ1v) is 9.94. The van der Waals surface area contributed by atoms with Crippen LogP contribution in [-0.2, 0) is 10.0 Å². The van der Waals surface area contributed by atoms with Crippen LogP contribution in [0.25, 0.3) is 0 Å². The third-order valence-electron chi connectivity index (χ3n) is 4.48. The summed E-state index contributed by atoms with van der Waals surface area (Å²) in [5, 5.41) is 6.72. The zero-order valence-electron chi connectivity index (χ0n) is 14.9. The Hall–Kier alpha value is -1.97. The molecule has 1 fully saturated rings. The minimum Gasteiger partial charge on any atom is -0.492 e. The molecule has 1 aromatic heterocycles. The van der Waals surface area contributed by atoms with Gasteiger partial charge in [0, 0.05) is 32.7 Å². The number of piperazine rings is 1. The van der Waals surface area contributed by atoms with Crippen LogP contribution in [0.2, 0.25) is 0 Å². The van der Waals surface area contributed by atoms with Crippen LogP contribution in [0.1, 0.15) is 11.4 Å². The highest BCUT2D eigenvalue weighted by molar-refractivity contribution is 7.89. The van der Waals surface area contributed by atoms with Crippen LogP contribution in [0.4, 0.5) is 4.39 Å². The van der Waals surface area contributed by atoms with Crippen molar-refractivity contribution in [3.8, 4) is 5.75 Å². The summed E-state index contributed by atoms with van der Waals surface area (Å²) in [5.74, 6) is 0.330. The summed E-state index contributed by atoms with van der Waals surface area (Å²) in [6.07, 6.45) is 0. The lowest BCUT2D eigenvalue weighted by Gasteiger charge is -2.33. The molecule has 3 rings (SSSR count). The molecule has 142 valence electrons. The fourth-order valence-electron chi connectivity index (χ4n) is 3.07. The molecule has 2 aromatic rings. The maximum atomic E-state index is 12.9. The first-order chi connectivity index (χ1) is 12.4. The molecule has 7 nitrogen and oxygen atoms in total. The number of halogens is 1. The maximum absolute atomic E-state index is 12.9. The number of aromatic nitrogens is 2. The average molecular weight is 382 g/mol. The van der Waals surface area contributed by atoms with Crippen LogP contribution in [0.15, 0.2) is 29.2 Å². The molecule has 0 spiro atoms. The molecule has 1 saturated heterocycles. The van der Waals surface area contributed by atoms with Crippen LogP contribution in [0.3, 0.4) is 0 Å². The monoisotopic (exact) mass is 382 g/mol. The Balaban J connectivity index is 1.50. The van der Waals surface area contributed by atoms with Crippen molar-refractivity contribution in [3.05, 3.63) is 41.5 Å². The van der Waals surface area contributed by atoms with E-state index in [1.54, 1.807) is 26.0 Å². The second-order valence-electron chi connectivity index (χ2n) is 6.31. The predicted molar refractivity (Wildman–Crippen MR) is 95.2 cm³/mol. The van der Waals surface area contributed by atoms with Gasteiger partial charge in [-0.3, -0.25) is 10.00 Å². The van der Waals surface area contributed by atoms with Gasteiger partial charge in [0.25, 0.3) is 0 Å². The summed E-state index contributed by atoms with van der Waals surface area (Å²) >= 11 is 0. The number of hydrogen-bond donors (Lipinski definition) is 1. The molecule has 2 heterocycles. The summed E-state index contributed by atoms with van der Waals surface area (Å²) in [5.41, 5.74) is 1.07. The van der Waals surface area contributed by atoms with Crippen molar-refractivity contribution in [2.75, 3.05) is 39.3 Å². The molecule has 26 heavy (non-hydrogen) atoms. The molecular formula is C17H23FN4O3S. The molecular weight excluding hydrogens is 359 g/mol. The van der Waals surface area contributed by atoms with E-state index in [1.807, 2.05) is 0 Å². The molecule has 0 saturated carbocycles. The summed E-state index contributed by atoms with van der Waals surface area (Å²) in [6, 6.07) is 5.91. The molecule has 1 aromatic carbocycles. The number of sulfonamides is 1. The van der Waals surface area contributed by atoms with Gasteiger partial charge in [-0.1, -0.05) is 0 Å². The van der Waals surface area contributed by atoms with Crippen LogP contribution < -0.4 is 4.74 Å². The van der Waals surface area contributed by atoms with Crippen LogP contribution in [-0.4, -0.2) is 67.2 Å². The Morgan fingerprint density at radius 1 is 1.15 bits per heavy atom. The van der Waals surface area contributed by atoms with Crippen molar-refractivity contribution >= 4 is 10.0 Å². The fourth-order valence-corrected chi connectivity index (χ4v) is 4.82. The number of H-pyrrole nitrogens is 1. The minimum absolute atomic E-state index is 0.283. The van der Waals surface area contributed by atoms with E-state index in [1.165, 1.54) is 16.4 Å². The van der Waals surface area contributed by atoms with E-state index in [9.17, 15) is 12.8 Å². The number of ether oxygens (including phenoxy) is 1. The van der Waals surface area contributed by atoms with Crippen molar-refractivity contribution in [2.24, 2.45) is 0 Å². The van der Waals surface area contributed by atoms with Crippen molar-refractivity contribution in [2.45, 2.75) is 18.7 Å². The van der Waals surface area contributed by atoms with E-state index >= 15 is 0 Å². The standard InChI is InChI=1S/C17H23FN4O3S/c1-13-17(14(2)20-19-13)26(23,24)22-9-7-21(8-10-22)11-12-25-16-5-3-15(18)4-6-16/h3-6H,7-12H2,1-2H3,(H,19,20). The average Bonchev–Trinajstić information content (AvgIpc) is 2.96. The normalized spacial score (nSPS) is 16.7. The Morgan fingerprint density at radius 3 is 2.38 bits per heavy atom. The topological polar surface area (TPSA) is 78.5 Å². The molecule has 0 radical (unpaired) electrons. The van der Waals surface area contributed by atoms with Gasteiger partial charge in [0.15, 0.2) is 0 Å². The van der Waals surface area contributed by atoms with Gasteiger partial charge in [-0.15, -0.1) is 0 Å². The van der Waals surface area contributed by atoms with E-state index in [0.29, 0.717) is 56.5 Å². The van der Waals surface area contributed by atoms with Crippen molar-refractivity contribution in [1.29, 1.82) is 0 Å². The smallest absolute Gasteiger partial charge is 0.246 e. The van der Waals surface area contributed by atoms with Crippen molar-refractivity contribution < 1.29 is 17.5 Å². The Bertz CT molecular complexity index is 824. The van der Waals surface area contributed by atoms with E-state index in [4.69, 9.17) is 4.74 Å². The quantitative estimate of drug-likeness (QED) is 0.820. The summed E-state index contributed by atoms with van der Waals surface area (Å²) in [4.78, 5) is 2.44. The first kappa shape index (κ1) is 18.8. The molecule has 0 bridgehead atoms. The van der Waals surface area contributed by atoms with Crippen LogP contribution >= 0.6 is 0 Å². The third kappa shape index (κ3) is 4.05. The largest absolute Gasteiger partial charge is 0.492 e. The molecule has 0 amide bonds. The Labute approximate surface area is 152 Å². The lowest BCUT2D eigenvalue weighted by atomic mass is 10.3. The Morgan fingerprint density at radius 2 is 1.81 bits per heavy atom. The number of rotatable bonds is 6. The predicted octanol–water partition coefficient (Wildman–Crippen LogP) is 1.55. The van der Waals surface area contributed by atoms with Gasteiger partial charge in [0.2, 0.25) is 10.0 Å². The highest BCUT2D eigenvalue weighted by Gasteiger charge is 2.32. The van der Waals surface area contributed by atoms with Gasteiger partial charge in [0.05, 0.1) is 11.4 Å². The lowest BCUT2D eigenvalue weighted by molar-refractivity contribution is 0.159. The maximum Gasteiger partial charge on any atom is 0.246 e. The number of nitrogens with zero attached hydrogens (tertiary/aromatic N) is 3. The number of aromatic amines is 1. The molecule has 1 N–H and O–H groups in total. The second-order valence-corrected chi connectivity index (χ2v) is 8.19. The van der Waals surface area contributed by atoms with Crippen LogP contribution in [0, 0.1) is 19.7 Å². The van der Waals surface area contributed by atoms with Crippen molar-refractivity contribution in [1.82, 2.24) is 19.4 Å². The number of benzene rings is 1. The highest BCUT2D eigenvalue weighted by Crippen LogP contribution is 2.22. The molecule has 1 aliphatic rings. The number of nitrogens with one attached hydrogen (secondary N) is 1. The molecule has 9 heteroatoms. The van der Waals surface area contributed by atoms with Gasteiger partial charge >= 0.3 is 0 Å². The molecule has 1 aliphatic heterocycles. The zero-order valence-corrected chi connectivity index (χ0v) is 15.7. The fraction of sp³-hybridized carbons (Fsp3) is 0.471. The van der Waals surface area contributed by atoms with E-state index < -0.39 is 10.0 Å². The minimum atomic E-state index is -3.52. The highest BCUT2D eigenvalue weighted by atomic mass is 32.2. The van der Waals surface area contributed by atoms with Crippen LogP contribution in [0.5, 0.6) is 5.75 Å². The third-order valence-corrected chi connectivity index (χ3v) is 6.64. The van der Waals surface area contributed by atoms with Gasteiger partial charge in [-0.05, 0) is 38.1 Å². The summed E-state index contributed by atoms with van der Waals surface area (Å²) < 4.78 is 45.6. The van der Waals surface area contributed by atoms with E-state index in [-0.39, 0.29) is 10.7 Å². The first-order valence-electron chi connectivity index (χ1n) is 8.50. The van der Waals surface area contributed by atoms with Gasteiger partial charge in [-0.25, -0.2) is 12.8 Å². The van der Waals surface area contributed by atoms with Gasteiger partial charge in [0.1, 0.15) is 23.1 Å². The Kier molecular flexibility index (Phi) is 5.59. The second kappa shape index (κ2) is 7.73. The zero-order chi connectivity index (χ0) is 18.7. The van der Waals surface area contributed by atoms with Crippen molar-refractivity contribution in [3.63, 3.8) is 0 Å². The van der Waals surface area contributed by atoms with Gasteiger partial charge in [-0.2, -0.15) is 9.40 Å². The molecule has 0 unspecified atom stereocenters. The lowest BCUT2D eigenvalue weighted by Crippen LogP contribution is -2.49. The molecule has 0 atom stereocenters. The summed E-state index contributed by atoms with van der Waals surface area (Å²) in [6.45, 7) is 6.72. The van der Waals surface area contributed by atoms with E-state index in [0.717, 1.165) is 0 Å². The summed E-state index contributed by atoms with van der Waals surface area (Å²) in [7, 11) is -3.52. The number of aryl methyl sites for hydroxylation is 2. The number of hydrogen-bond acceptors (Lipinski definition) is 5. The van der Waals surface area contributed by atoms with E-state index in [2.05, 4.69) is 15.1 Å². The SMILES string of the molecule is Cc1n[nH]c(C)c1S(=O)(=O)N1CCN(CCOc2ccc(F)cc2)CC1. The molecule has 0 aliphatic carbocycles. The van der Waals surface area contributed by atoms with Gasteiger partial charge < -0.3 is 4.74 Å².